The van der Waals surface area contributed by atoms with Gasteiger partial charge in [0.05, 0.1) is 24.5 Å². The monoisotopic (exact) mass is 337 g/mol. The van der Waals surface area contributed by atoms with Gasteiger partial charge in [0.15, 0.2) is 0 Å². The van der Waals surface area contributed by atoms with Crippen LogP contribution in [0.3, 0.4) is 0 Å². The third kappa shape index (κ3) is 3.61. The van der Waals surface area contributed by atoms with Gasteiger partial charge in [-0.1, -0.05) is 11.1 Å². The lowest BCUT2D eigenvalue weighted by atomic mass is 9.76. The Balaban J connectivity index is 2.21. The Morgan fingerprint density at radius 3 is 2.39 bits per heavy atom. The first-order valence-corrected chi connectivity index (χ1v) is 8.07. The van der Waals surface area contributed by atoms with E-state index >= 15 is 0 Å². The minimum absolute atomic E-state index is 0.275. The first kappa shape index (κ1) is 17.2. The number of aliphatic carboxylic acids is 1. The summed E-state index contributed by atoms with van der Waals surface area (Å²) in [7, 11) is 1.27. The van der Waals surface area contributed by atoms with E-state index in [2.05, 4.69) is 10.1 Å². The summed E-state index contributed by atoms with van der Waals surface area (Å²) in [6.07, 6.45) is 0.779. The largest absolute Gasteiger partial charge is 0.481 e. The number of hydrogen-bond acceptors (Lipinski definition) is 5. The van der Waals surface area contributed by atoms with Crippen LogP contribution in [0.5, 0.6) is 0 Å². The van der Waals surface area contributed by atoms with Crippen LogP contribution < -0.4 is 5.32 Å². The fourth-order valence-electron chi connectivity index (χ4n) is 2.71. The van der Waals surface area contributed by atoms with Crippen molar-refractivity contribution in [3.05, 3.63) is 28.2 Å². The zero-order valence-corrected chi connectivity index (χ0v) is 14.0. The van der Waals surface area contributed by atoms with Gasteiger partial charge in [0.1, 0.15) is 5.00 Å². The van der Waals surface area contributed by atoms with E-state index in [1.54, 1.807) is 11.4 Å². The van der Waals surface area contributed by atoms with Crippen LogP contribution in [0.25, 0.3) is 0 Å². The maximum absolute atomic E-state index is 12.6. The van der Waals surface area contributed by atoms with Crippen LogP contribution in [0.2, 0.25) is 0 Å². The number of esters is 1. The maximum Gasteiger partial charge on any atom is 0.340 e. The fourth-order valence-corrected chi connectivity index (χ4v) is 3.49. The van der Waals surface area contributed by atoms with Gasteiger partial charge in [0, 0.05) is 0 Å². The number of nitrogens with one attached hydrogen (secondary N) is 1. The molecule has 7 heteroatoms. The Hall–Kier alpha value is -2.15. The Morgan fingerprint density at radius 2 is 1.83 bits per heavy atom. The first-order chi connectivity index (χ1) is 10.8. The summed E-state index contributed by atoms with van der Waals surface area (Å²) in [6.45, 7) is 3.81. The Kier molecular flexibility index (Phi) is 5.20. The lowest BCUT2D eigenvalue weighted by Crippen LogP contribution is -2.36. The number of carbonyl (C=O) groups is 3. The number of carboxylic acids is 1. The third-order valence-corrected chi connectivity index (χ3v) is 5.06. The average Bonchev–Trinajstić information content (AvgIpc) is 2.96. The Bertz CT molecular complexity index is 676. The van der Waals surface area contributed by atoms with E-state index in [0.29, 0.717) is 17.8 Å². The molecule has 0 saturated heterocycles. The summed E-state index contributed by atoms with van der Waals surface area (Å²) in [5.74, 6) is -3.29. The quantitative estimate of drug-likeness (QED) is 0.651. The van der Waals surface area contributed by atoms with E-state index in [1.165, 1.54) is 18.4 Å². The number of hydrogen-bond donors (Lipinski definition) is 2. The Labute approximate surface area is 138 Å². The molecule has 23 heavy (non-hydrogen) atoms. The van der Waals surface area contributed by atoms with E-state index in [0.717, 1.165) is 11.1 Å². The molecule has 0 saturated carbocycles. The molecule has 0 bridgehead atoms. The molecule has 0 radical (unpaired) electrons. The lowest BCUT2D eigenvalue weighted by molar-refractivity contribution is -0.146. The molecule has 0 spiro atoms. The fraction of sp³-hybridized carbons (Fsp3) is 0.438. The minimum atomic E-state index is -0.976. The van der Waals surface area contributed by atoms with Crippen LogP contribution in [-0.4, -0.2) is 30.1 Å². The molecule has 124 valence electrons. The molecule has 1 amide bonds. The van der Waals surface area contributed by atoms with E-state index in [1.807, 2.05) is 13.8 Å². The molecule has 2 atom stereocenters. The number of ether oxygens (including phenoxy) is 1. The number of carboxylic acid groups (broad SMARTS) is 1. The molecular formula is C16H19NO5S. The molecule has 1 heterocycles. The normalized spacial score (nSPS) is 21.0. The highest BCUT2D eigenvalue weighted by molar-refractivity contribution is 7.14. The number of thiophene rings is 1. The number of amides is 1. The first-order valence-electron chi connectivity index (χ1n) is 7.19. The molecule has 1 aromatic heterocycles. The van der Waals surface area contributed by atoms with Crippen molar-refractivity contribution >= 4 is 34.2 Å². The molecular weight excluding hydrogens is 318 g/mol. The van der Waals surface area contributed by atoms with Crippen molar-refractivity contribution in [2.24, 2.45) is 11.8 Å². The zero-order chi connectivity index (χ0) is 17.1. The van der Waals surface area contributed by atoms with Crippen LogP contribution in [0, 0.1) is 11.8 Å². The van der Waals surface area contributed by atoms with E-state index in [-0.39, 0.29) is 11.5 Å². The van der Waals surface area contributed by atoms with E-state index in [4.69, 9.17) is 0 Å². The van der Waals surface area contributed by atoms with Gasteiger partial charge in [-0.05, 0) is 38.1 Å². The van der Waals surface area contributed by atoms with Gasteiger partial charge in [0.2, 0.25) is 5.91 Å². The van der Waals surface area contributed by atoms with Gasteiger partial charge in [-0.25, -0.2) is 4.79 Å². The van der Waals surface area contributed by atoms with Gasteiger partial charge in [-0.3, -0.25) is 9.59 Å². The van der Waals surface area contributed by atoms with Crippen molar-refractivity contribution < 1.29 is 24.2 Å². The molecule has 0 aliphatic heterocycles. The third-order valence-electron chi connectivity index (χ3n) is 4.23. The molecule has 0 unspecified atom stereocenters. The van der Waals surface area contributed by atoms with Gasteiger partial charge < -0.3 is 15.2 Å². The highest BCUT2D eigenvalue weighted by Gasteiger charge is 2.37. The zero-order valence-electron chi connectivity index (χ0n) is 13.2. The van der Waals surface area contributed by atoms with E-state index in [9.17, 15) is 19.5 Å². The summed E-state index contributed by atoms with van der Waals surface area (Å²) in [5, 5.41) is 14.1. The van der Waals surface area contributed by atoms with Crippen LogP contribution in [0.1, 0.15) is 37.0 Å². The second kappa shape index (κ2) is 6.95. The SMILES string of the molecule is COC(=O)c1ccsc1NC(=O)[C@@H]1CC(C)=C(C)C[C@H]1C(=O)O. The van der Waals surface area contributed by atoms with Gasteiger partial charge in [0.25, 0.3) is 0 Å². The average molecular weight is 337 g/mol. The number of methoxy groups -OCH3 is 1. The Morgan fingerprint density at radius 1 is 1.22 bits per heavy atom. The predicted molar refractivity (Wildman–Crippen MR) is 86.5 cm³/mol. The predicted octanol–water partition coefficient (Wildman–Crippen LogP) is 2.92. The van der Waals surface area contributed by atoms with Gasteiger partial charge in [-0.15, -0.1) is 11.3 Å². The smallest absolute Gasteiger partial charge is 0.340 e. The van der Waals surface area contributed by atoms with Crippen LogP contribution in [0.15, 0.2) is 22.6 Å². The van der Waals surface area contributed by atoms with Gasteiger partial charge >= 0.3 is 11.9 Å². The molecule has 0 fully saturated rings. The second-order valence-corrected chi connectivity index (χ2v) is 6.58. The molecule has 6 nitrogen and oxygen atoms in total. The summed E-state index contributed by atoms with van der Waals surface area (Å²) >= 11 is 1.20. The van der Waals surface area contributed by atoms with Crippen LogP contribution in [-0.2, 0) is 14.3 Å². The standard InChI is InChI=1S/C16H19NO5S/c1-8-6-11(12(15(19)20)7-9(8)2)13(18)17-14-10(4-5-23-14)16(21)22-3/h4-5,11-12H,6-7H2,1-3H3,(H,17,18)(H,19,20)/t11-,12-/m1/s1. The summed E-state index contributed by atoms with van der Waals surface area (Å²) in [5.41, 5.74) is 2.34. The summed E-state index contributed by atoms with van der Waals surface area (Å²) in [6, 6.07) is 1.57. The van der Waals surface area contributed by atoms with Crippen molar-refractivity contribution in [2.45, 2.75) is 26.7 Å². The summed E-state index contributed by atoms with van der Waals surface area (Å²) in [4.78, 5) is 35.7. The number of allylic oxidation sites excluding steroid dienone is 2. The topological polar surface area (TPSA) is 92.7 Å². The molecule has 1 aliphatic rings. The molecule has 2 rings (SSSR count). The molecule has 1 aliphatic carbocycles. The van der Waals surface area contributed by atoms with E-state index < -0.39 is 23.8 Å². The number of carbonyl (C=O) groups excluding carboxylic acids is 2. The molecule has 1 aromatic rings. The highest BCUT2D eigenvalue weighted by atomic mass is 32.1. The molecule has 2 N–H and O–H groups in total. The minimum Gasteiger partial charge on any atom is -0.481 e. The maximum atomic E-state index is 12.6. The molecule has 0 aromatic carbocycles. The lowest BCUT2D eigenvalue weighted by Gasteiger charge is -2.29. The van der Waals surface area contributed by atoms with Crippen LogP contribution in [0.4, 0.5) is 5.00 Å². The van der Waals surface area contributed by atoms with Crippen molar-refractivity contribution in [1.82, 2.24) is 0 Å². The number of anilines is 1. The van der Waals surface area contributed by atoms with Crippen LogP contribution >= 0.6 is 11.3 Å². The number of rotatable bonds is 4. The summed E-state index contributed by atoms with van der Waals surface area (Å²) < 4.78 is 4.67. The van der Waals surface area contributed by atoms with Crippen molar-refractivity contribution in [1.29, 1.82) is 0 Å². The second-order valence-electron chi connectivity index (χ2n) is 5.66. The van der Waals surface area contributed by atoms with Crippen molar-refractivity contribution in [3.8, 4) is 0 Å². The van der Waals surface area contributed by atoms with Crippen molar-refractivity contribution in [3.63, 3.8) is 0 Å². The highest BCUT2D eigenvalue weighted by Crippen LogP contribution is 2.35. The van der Waals surface area contributed by atoms with Gasteiger partial charge in [-0.2, -0.15) is 0 Å². The van der Waals surface area contributed by atoms with Crippen molar-refractivity contribution in [2.75, 3.05) is 12.4 Å².